The van der Waals surface area contributed by atoms with Crippen LogP contribution in [0.2, 0.25) is 0 Å². The highest BCUT2D eigenvalue weighted by molar-refractivity contribution is 5.43. The second-order valence-electron chi connectivity index (χ2n) is 6.85. The van der Waals surface area contributed by atoms with Crippen molar-refractivity contribution in [1.82, 2.24) is 14.9 Å². The SMILES string of the molecule is COC1C=c2c(C[C@H]3CCCN3Cc3cccnc3)c[nH]c2=CC1. The van der Waals surface area contributed by atoms with Gasteiger partial charge in [0.2, 0.25) is 0 Å². The minimum atomic E-state index is 0.210. The molecule has 0 radical (unpaired) electrons. The molecule has 1 aliphatic carbocycles. The number of ether oxygens (including phenoxy) is 1. The molecule has 0 saturated carbocycles. The molecule has 1 saturated heterocycles. The van der Waals surface area contributed by atoms with Gasteiger partial charge in [-0.15, -0.1) is 0 Å². The minimum Gasteiger partial charge on any atom is -0.377 e. The summed E-state index contributed by atoms with van der Waals surface area (Å²) in [4.78, 5) is 10.3. The topological polar surface area (TPSA) is 41.1 Å². The van der Waals surface area contributed by atoms with E-state index in [0.29, 0.717) is 6.04 Å². The van der Waals surface area contributed by atoms with E-state index in [-0.39, 0.29) is 6.10 Å². The van der Waals surface area contributed by atoms with Crippen molar-refractivity contribution in [2.24, 2.45) is 0 Å². The van der Waals surface area contributed by atoms with Crippen LogP contribution in [0.5, 0.6) is 0 Å². The molecule has 4 heteroatoms. The Bertz CT molecular complexity index is 796. The molecule has 1 aliphatic heterocycles. The van der Waals surface area contributed by atoms with E-state index in [9.17, 15) is 0 Å². The molecule has 2 aromatic rings. The summed E-state index contributed by atoms with van der Waals surface area (Å²) >= 11 is 0. The highest BCUT2D eigenvalue weighted by Gasteiger charge is 2.25. The van der Waals surface area contributed by atoms with E-state index in [1.54, 1.807) is 7.11 Å². The largest absolute Gasteiger partial charge is 0.377 e. The van der Waals surface area contributed by atoms with Gasteiger partial charge >= 0.3 is 0 Å². The summed E-state index contributed by atoms with van der Waals surface area (Å²) in [6.07, 6.45) is 15.4. The van der Waals surface area contributed by atoms with Gasteiger partial charge in [0.15, 0.2) is 0 Å². The van der Waals surface area contributed by atoms with Crippen molar-refractivity contribution in [3.8, 4) is 0 Å². The van der Waals surface area contributed by atoms with Gasteiger partial charge in [-0.25, -0.2) is 0 Å². The lowest BCUT2D eigenvalue weighted by Gasteiger charge is -2.24. The summed E-state index contributed by atoms with van der Waals surface area (Å²) in [6, 6.07) is 4.81. The zero-order valence-corrected chi connectivity index (χ0v) is 14.2. The van der Waals surface area contributed by atoms with E-state index in [1.807, 2.05) is 18.5 Å². The van der Waals surface area contributed by atoms with Gasteiger partial charge in [0.05, 0.1) is 6.10 Å². The summed E-state index contributed by atoms with van der Waals surface area (Å²) in [7, 11) is 1.79. The molecule has 24 heavy (non-hydrogen) atoms. The van der Waals surface area contributed by atoms with E-state index in [0.717, 1.165) is 19.4 Å². The first-order valence-corrected chi connectivity index (χ1v) is 8.87. The smallest absolute Gasteiger partial charge is 0.0796 e. The number of rotatable bonds is 5. The fourth-order valence-corrected chi connectivity index (χ4v) is 3.99. The minimum absolute atomic E-state index is 0.210. The number of nitrogens with zero attached hydrogens (tertiary/aromatic N) is 2. The average molecular weight is 323 g/mol. The first kappa shape index (κ1) is 15.6. The Balaban J connectivity index is 1.52. The van der Waals surface area contributed by atoms with Gasteiger partial charge in [-0.2, -0.15) is 0 Å². The Morgan fingerprint density at radius 2 is 2.38 bits per heavy atom. The van der Waals surface area contributed by atoms with Crippen LogP contribution in [0.15, 0.2) is 30.7 Å². The van der Waals surface area contributed by atoms with Crippen LogP contribution in [-0.4, -0.2) is 40.7 Å². The molecular weight excluding hydrogens is 298 g/mol. The second kappa shape index (κ2) is 6.91. The van der Waals surface area contributed by atoms with Crippen molar-refractivity contribution in [1.29, 1.82) is 0 Å². The maximum Gasteiger partial charge on any atom is 0.0796 e. The molecule has 2 aromatic heterocycles. The Labute approximate surface area is 142 Å². The molecule has 2 aliphatic rings. The number of hydrogen-bond donors (Lipinski definition) is 1. The molecule has 0 bridgehead atoms. The first-order valence-electron chi connectivity index (χ1n) is 8.87. The molecule has 0 spiro atoms. The third-order valence-electron chi connectivity index (χ3n) is 5.31. The van der Waals surface area contributed by atoms with Gasteiger partial charge in [0, 0.05) is 48.9 Å². The van der Waals surface area contributed by atoms with E-state index >= 15 is 0 Å². The quantitative estimate of drug-likeness (QED) is 0.909. The van der Waals surface area contributed by atoms with Crippen LogP contribution in [0.4, 0.5) is 0 Å². The van der Waals surface area contributed by atoms with Crippen molar-refractivity contribution in [3.05, 3.63) is 52.4 Å². The molecular formula is C20H25N3O. The number of pyridine rings is 1. The summed E-state index contributed by atoms with van der Waals surface area (Å²) in [5.74, 6) is 0. The molecule has 0 aromatic carbocycles. The Hall–Kier alpha value is -1.91. The van der Waals surface area contributed by atoms with E-state index in [1.165, 1.54) is 41.1 Å². The van der Waals surface area contributed by atoms with E-state index < -0.39 is 0 Å². The fourth-order valence-electron chi connectivity index (χ4n) is 3.99. The van der Waals surface area contributed by atoms with Crippen molar-refractivity contribution >= 4 is 12.2 Å². The monoisotopic (exact) mass is 323 g/mol. The molecule has 1 unspecified atom stereocenters. The predicted octanol–water partition coefficient (Wildman–Crippen LogP) is 1.60. The van der Waals surface area contributed by atoms with Crippen LogP contribution in [0.25, 0.3) is 12.2 Å². The summed E-state index contributed by atoms with van der Waals surface area (Å²) in [5.41, 5.74) is 2.73. The first-order chi connectivity index (χ1) is 11.8. The van der Waals surface area contributed by atoms with Gasteiger partial charge in [0.25, 0.3) is 0 Å². The second-order valence-corrected chi connectivity index (χ2v) is 6.85. The van der Waals surface area contributed by atoms with Crippen molar-refractivity contribution < 1.29 is 4.74 Å². The molecule has 0 amide bonds. The number of nitrogens with one attached hydrogen (secondary N) is 1. The number of H-pyrrole nitrogens is 1. The molecule has 2 atom stereocenters. The molecule has 3 heterocycles. The van der Waals surface area contributed by atoms with Crippen molar-refractivity contribution in [3.63, 3.8) is 0 Å². The molecule has 1 fully saturated rings. The normalized spacial score (nSPS) is 23.5. The van der Waals surface area contributed by atoms with Crippen LogP contribution in [-0.2, 0) is 17.7 Å². The highest BCUT2D eigenvalue weighted by atomic mass is 16.5. The average Bonchev–Trinajstić information content (AvgIpc) is 3.23. The number of aromatic amines is 1. The van der Waals surface area contributed by atoms with Crippen molar-refractivity contribution in [2.45, 2.75) is 44.4 Å². The number of aromatic nitrogens is 2. The predicted molar refractivity (Wildman–Crippen MR) is 95.8 cm³/mol. The molecule has 126 valence electrons. The lowest BCUT2D eigenvalue weighted by atomic mass is 10.0. The van der Waals surface area contributed by atoms with Crippen LogP contribution in [0.3, 0.4) is 0 Å². The third kappa shape index (κ3) is 3.17. The lowest BCUT2D eigenvalue weighted by Crippen LogP contribution is -2.35. The standard InChI is InChI=1S/C20H25N3O/c1-24-18-6-7-20-19(11-18)16(13-22-20)10-17-5-3-9-23(17)14-15-4-2-8-21-12-15/h2,4,7-8,11-13,17-18,22H,3,5-6,9-10,14H2,1H3/t17-,18?/m1/s1. The molecule has 1 N–H and O–H groups in total. The zero-order chi connectivity index (χ0) is 16.4. The summed E-state index contributed by atoms with van der Waals surface area (Å²) < 4.78 is 5.52. The Kier molecular flexibility index (Phi) is 4.50. The van der Waals surface area contributed by atoms with Crippen LogP contribution < -0.4 is 10.6 Å². The maximum absolute atomic E-state index is 5.52. The van der Waals surface area contributed by atoms with E-state index in [2.05, 4.69) is 39.3 Å². The Morgan fingerprint density at radius 3 is 3.21 bits per heavy atom. The maximum atomic E-state index is 5.52. The van der Waals surface area contributed by atoms with Gasteiger partial charge in [-0.1, -0.05) is 12.1 Å². The van der Waals surface area contributed by atoms with Gasteiger partial charge < -0.3 is 9.72 Å². The number of fused-ring (bicyclic) bond motifs is 1. The highest BCUT2D eigenvalue weighted by Crippen LogP contribution is 2.22. The van der Waals surface area contributed by atoms with Gasteiger partial charge in [-0.3, -0.25) is 9.88 Å². The van der Waals surface area contributed by atoms with Gasteiger partial charge in [-0.05, 0) is 55.5 Å². The number of hydrogen-bond acceptors (Lipinski definition) is 3. The lowest BCUT2D eigenvalue weighted by molar-refractivity contribution is 0.157. The van der Waals surface area contributed by atoms with Crippen LogP contribution in [0, 0.1) is 0 Å². The summed E-state index contributed by atoms with van der Waals surface area (Å²) in [6.45, 7) is 2.18. The Morgan fingerprint density at radius 1 is 1.42 bits per heavy atom. The number of likely N-dealkylation sites (tertiary alicyclic amines) is 1. The third-order valence-corrected chi connectivity index (χ3v) is 5.31. The fraction of sp³-hybridized carbons (Fsp3) is 0.450. The van der Waals surface area contributed by atoms with E-state index in [4.69, 9.17) is 4.74 Å². The van der Waals surface area contributed by atoms with Gasteiger partial charge in [0.1, 0.15) is 0 Å². The number of methoxy groups -OCH3 is 1. The zero-order valence-electron chi connectivity index (χ0n) is 14.2. The molecule has 4 nitrogen and oxygen atoms in total. The summed E-state index contributed by atoms with van der Waals surface area (Å²) in [5, 5.41) is 2.61. The van der Waals surface area contributed by atoms with Crippen LogP contribution in [0.1, 0.15) is 30.4 Å². The molecule has 4 rings (SSSR count). The van der Waals surface area contributed by atoms with Crippen LogP contribution >= 0.6 is 0 Å². The van der Waals surface area contributed by atoms with Crippen molar-refractivity contribution in [2.75, 3.05) is 13.7 Å².